The lowest BCUT2D eigenvalue weighted by Crippen LogP contribution is -2.13. The van der Waals surface area contributed by atoms with Crippen LogP contribution in [0.2, 0.25) is 0 Å². The normalized spacial score (nSPS) is 27.4. The third kappa shape index (κ3) is 0.980. The molecule has 0 saturated carbocycles. The molecule has 0 aromatic heterocycles. The van der Waals surface area contributed by atoms with Crippen molar-refractivity contribution in [1.29, 1.82) is 0 Å². The highest BCUT2D eigenvalue weighted by Gasteiger charge is 2.12. The maximum atomic E-state index is 8.25. The van der Waals surface area contributed by atoms with E-state index in [0.29, 0.717) is 0 Å². The van der Waals surface area contributed by atoms with Gasteiger partial charge in [0.15, 0.2) is 0 Å². The van der Waals surface area contributed by atoms with Crippen molar-refractivity contribution in [3.8, 4) is 0 Å². The minimum Gasteiger partial charge on any atom is -0.411 e. The first kappa shape index (κ1) is 5.56. The van der Waals surface area contributed by atoms with Crippen LogP contribution in [-0.4, -0.2) is 36.0 Å². The molecule has 1 saturated heterocycles. The Hall–Kier alpha value is -0.570. The minimum absolute atomic E-state index is 0.830. The summed E-state index contributed by atoms with van der Waals surface area (Å²) in [5, 5.41) is 11.4. The fraction of sp³-hybridized carbons (Fsp3) is 0.800. The van der Waals surface area contributed by atoms with E-state index in [1.165, 1.54) is 0 Å². The summed E-state index contributed by atoms with van der Waals surface area (Å²) in [6.07, 6.45) is 0.924. The van der Waals surface area contributed by atoms with E-state index in [1.807, 2.05) is 7.05 Å². The largest absolute Gasteiger partial charge is 0.411 e. The van der Waals surface area contributed by atoms with Gasteiger partial charge in [-0.05, 0) is 7.05 Å². The summed E-state index contributed by atoms with van der Waals surface area (Å²) in [4.78, 5) is 2.12. The van der Waals surface area contributed by atoms with Gasteiger partial charge in [0.25, 0.3) is 0 Å². The zero-order chi connectivity index (χ0) is 5.98. The number of hydrogen-bond acceptors (Lipinski definition) is 3. The molecule has 0 unspecified atom stereocenters. The molecule has 1 heterocycles. The van der Waals surface area contributed by atoms with Crippen LogP contribution >= 0.6 is 0 Å². The van der Waals surface area contributed by atoms with Gasteiger partial charge >= 0.3 is 0 Å². The summed E-state index contributed by atoms with van der Waals surface area (Å²) in [5.74, 6) is 0. The van der Waals surface area contributed by atoms with Crippen molar-refractivity contribution in [2.75, 3.05) is 20.1 Å². The van der Waals surface area contributed by atoms with E-state index in [4.69, 9.17) is 5.21 Å². The zero-order valence-electron chi connectivity index (χ0n) is 4.96. The topological polar surface area (TPSA) is 35.8 Å². The highest BCUT2D eigenvalue weighted by atomic mass is 16.4. The minimum atomic E-state index is 0.830. The summed E-state index contributed by atoms with van der Waals surface area (Å²) in [5.41, 5.74) is 0.896. The van der Waals surface area contributed by atoms with Crippen LogP contribution in [0.1, 0.15) is 6.42 Å². The quantitative estimate of drug-likeness (QED) is 0.359. The Kier molecular flexibility index (Phi) is 1.48. The van der Waals surface area contributed by atoms with Gasteiger partial charge in [-0.3, -0.25) is 0 Å². The Bertz CT molecular complexity index is 111. The van der Waals surface area contributed by atoms with Crippen molar-refractivity contribution in [1.82, 2.24) is 4.90 Å². The van der Waals surface area contributed by atoms with Gasteiger partial charge in [-0.1, -0.05) is 5.16 Å². The van der Waals surface area contributed by atoms with Crippen LogP contribution in [-0.2, 0) is 0 Å². The molecule has 8 heavy (non-hydrogen) atoms. The molecule has 1 N–H and O–H groups in total. The Morgan fingerprint density at radius 2 is 2.50 bits per heavy atom. The first-order valence-corrected chi connectivity index (χ1v) is 2.71. The molecule has 1 aliphatic heterocycles. The highest BCUT2D eigenvalue weighted by molar-refractivity contribution is 5.87. The smallest absolute Gasteiger partial charge is 0.0723 e. The van der Waals surface area contributed by atoms with E-state index >= 15 is 0 Å². The second-order valence-corrected chi connectivity index (χ2v) is 2.15. The van der Waals surface area contributed by atoms with Crippen LogP contribution in [0.25, 0.3) is 0 Å². The van der Waals surface area contributed by atoms with Crippen LogP contribution in [0.4, 0.5) is 0 Å². The standard InChI is InChI=1S/C5H10N2O/c1-7-3-2-5(4-7)6-8/h8H,2-4H2,1H3/b6-5-. The second kappa shape index (κ2) is 2.13. The predicted molar refractivity (Wildman–Crippen MR) is 31.3 cm³/mol. The first-order valence-electron chi connectivity index (χ1n) is 2.71. The number of oxime groups is 1. The molecule has 3 nitrogen and oxygen atoms in total. The summed E-state index contributed by atoms with van der Waals surface area (Å²) in [6.45, 7) is 1.86. The van der Waals surface area contributed by atoms with Gasteiger partial charge in [0.05, 0.1) is 5.71 Å². The van der Waals surface area contributed by atoms with E-state index < -0.39 is 0 Å². The highest BCUT2D eigenvalue weighted by Crippen LogP contribution is 2.00. The van der Waals surface area contributed by atoms with Crippen LogP contribution in [0, 0.1) is 0 Å². The number of likely N-dealkylation sites (tertiary alicyclic amines) is 1. The zero-order valence-corrected chi connectivity index (χ0v) is 4.96. The van der Waals surface area contributed by atoms with Crippen molar-refractivity contribution in [2.45, 2.75) is 6.42 Å². The van der Waals surface area contributed by atoms with Crippen LogP contribution < -0.4 is 0 Å². The molecule has 0 bridgehead atoms. The lowest BCUT2D eigenvalue weighted by molar-refractivity contribution is 0.317. The second-order valence-electron chi connectivity index (χ2n) is 2.15. The summed E-state index contributed by atoms with van der Waals surface area (Å²) < 4.78 is 0. The van der Waals surface area contributed by atoms with Gasteiger partial charge in [-0.2, -0.15) is 0 Å². The van der Waals surface area contributed by atoms with Gasteiger partial charge in [-0.25, -0.2) is 0 Å². The van der Waals surface area contributed by atoms with Crippen molar-refractivity contribution >= 4 is 5.71 Å². The van der Waals surface area contributed by atoms with Crippen LogP contribution in [0.3, 0.4) is 0 Å². The monoisotopic (exact) mass is 114 g/mol. The van der Waals surface area contributed by atoms with Gasteiger partial charge in [0.2, 0.25) is 0 Å². The average Bonchev–Trinajstić information content (AvgIpc) is 2.14. The third-order valence-electron chi connectivity index (χ3n) is 1.38. The molecular weight excluding hydrogens is 104 g/mol. The molecule has 3 heteroatoms. The molecule has 0 aliphatic carbocycles. The number of hydrogen-bond donors (Lipinski definition) is 1. The molecule has 0 aromatic carbocycles. The first-order chi connectivity index (χ1) is 3.83. The van der Waals surface area contributed by atoms with E-state index in [1.54, 1.807) is 0 Å². The molecular formula is C5H10N2O. The van der Waals surface area contributed by atoms with Gasteiger partial charge < -0.3 is 10.1 Å². The van der Waals surface area contributed by atoms with E-state index in [0.717, 1.165) is 25.2 Å². The summed E-state index contributed by atoms with van der Waals surface area (Å²) >= 11 is 0. The van der Waals surface area contributed by atoms with Gasteiger partial charge in [0, 0.05) is 19.5 Å². The Labute approximate surface area is 48.6 Å². The Morgan fingerprint density at radius 3 is 2.75 bits per heavy atom. The van der Waals surface area contributed by atoms with E-state index in [9.17, 15) is 0 Å². The van der Waals surface area contributed by atoms with Crippen LogP contribution in [0.15, 0.2) is 5.16 Å². The molecule has 46 valence electrons. The van der Waals surface area contributed by atoms with Crippen molar-refractivity contribution in [3.63, 3.8) is 0 Å². The lowest BCUT2D eigenvalue weighted by Gasteiger charge is -2.00. The van der Waals surface area contributed by atoms with Crippen molar-refractivity contribution in [2.24, 2.45) is 5.16 Å². The molecule has 0 aromatic rings. The Balaban J connectivity index is 2.44. The van der Waals surface area contributed by atoms with Gasteiger partial charge in [-0.15, -0.1) is 0 Å². The fourth-order valence-corrected chi connectivity index (χ4v) is 0.871. The number of rotatable bonds is 0. The van der Waals surface area contributed by atoms with Crippen molar-refractivity contribution < 1.29 is 5.21 Å². The van der Waals surface area contributed by atoms with Crippen molar-refractivity contribution in [3.05, 3.63) is 0 Å². The predicted octanol–water partition coefficient (Wildman–Crippen LogP) is 0.152. The summed E-state index contributed by atoms with van der Waals surface area (Å²) in [6, 6.07) is 0. The maximum absolute atomic E-state index is 8.25. The third-order valence-corrected chi connectivity index (χ3v) is 1.38. The molecule has 0 amide bonds. The molecule has 1 rings (SSSR count). The van der Waals surface area contributed by atoms with Gasteiger partial charge in [0.1, 0.15) is 0 Å². The molecule has 0 radical (unpaired) electrons. The maximum Gasteiger partial charge on any atom is 0.0723 e. The average molecular weight is 114 g/mol. The van der Waals surface area contributed by atoms with E-state index in [-0.39, 0.29) is 0 Å². The Morgan fingerprint density at radius 1 is 1.75 bits per heavy atom. The molecule has 0 spiro atoms. The SMILES string of the molecule is CN1CC/C(=N/O)C1. The van der Waals surface area contributed by atoms with Crippen LogP contribution in [0.5, 0.6) is 0 Å². The molecule has 1 fully saturated rings. The fourth-order valence-electron chi connectivity index (χ4n) is 0.871. The molecule has 0 atom stereocenters. The van der Waals surface area contributed by atoms with E-state index in [2.05, 4.69) is 10.1 Å². The lowest BCUT2D eigenvalue weighted by atomic mass is 10.3. The molecule has 1 aliphatic rings. The number of nitrogens with zero attached hydrogens (tertiary/aromatic N) is 2. The summed E-state index contributed by atoms with van der Waals surface area (Å²) in [7, 11) is 2.01.